The summed E-state index contributed by atoms with van der Waals surface area (Å²) in [6.07, 6.45) is 2.25. The highest BCUT2D eigenvalue weighted by molar-refractivity contribution is 8.01. The summed E-state index contributed by atoms with van der Waals surface area (Å²) in [5.41, 5.74) is 0. The highest BCUT2D eigenvalue weighted by Crippen LogP contribution is 2.43. The first-order valence-corrected chi connectivity index (χ1v) is 7.20. The summed E-state index contributed by atoms with van der Waals surface area (Å²) >= 11 is 3.87. The van der Waals surface area contributed by atoms with Crippen LogP contribution in [0.5, 0.6) is 0 Å². The molecule has 2 saturated heterocycles. The molecule has 0 N–H and O–H groups in total. The van der Waals surface area contributed by atoms with E-state index in [1.54, 1.807) is 0 Å². The fourth-order valence-corrected chi connectivity index (χ4v) is 3.92. The van der Waals surface area contributed by atoms with Gasteiger partial charge in [0.05, 0.1) is 13.2 Å². The Morgan fingerprint density at radius 1 is 1.14 bits per heavy atom. The first-order valence-electron chi connectivity index (χ1n) is 5.27. The second kappa shape index (κ2) is 4.64. The minimum Gasteiger partial charge on any atom is -0.340 e. The van der Waals surface area contributed by atoms with Crippen LogP contribution in [0, 0.1) is 0 Å². The van der Waals surface area contributed by atoms with Crippen molar-refractivity contribution in [3.63, 3.8) is 0 Å². The van der Waals surface area contributed by atoms with Gasteiger partial charge in [0, 0.05) is 16.9 Å². The zero-order chi connectivity index (χ0) is 10.0. The largest absolute Gasteiger partial charge is 0.340 e. The average Bonchev–Trinajstić information content (AvgIpc) is 2.51. The van der Waals surface area contributed by atoms with Crippen LogP contribution in [0.3, 0.4) is 0 Å². The van der Waals surface area contributed by atoms with Gasteiger partial charge in [-0.15, -0.1) is 0 Å². The predicted octanol–water partition coefficient (Wildman–Crippen LogP) is 2.72. The molecule has 0 aromatic heterocycles. The van der Waals surface area contributed by atoms with Crippen LogP contribution < -0.4 is 0 Å². The van der Waals surface area contributed by atoms with E-state index < -0.39 is 0 Å². The van der Waals surface area contributed by atoms with Crippen LogP contribution in [0.4, 0.5) is 0 Å². The van der Waals surface area contributed by atoms with Gasteiger partial charge in [-0.3, -0.25) is 0 Å². The van der Waals surface area contributed by atoms with Gasteiger partial charge in [0.25, 0.3) is 0 Å². The standard InChI is InChI=1S/C10H18O2S2/c1-8-6-11-10(4-3-5-13-8)12-7-9(2)14-10/h8-9H,3-7H2,1-2H3. The lowest BCUT2D eigenvalue weighted by Gasteiger charge is -2.31. The highest BCUT2D eigenvalue weighted by Gasteiger charge is 2.41. The van der Waals surface area contributed by atoms with E-state index in [4.69, 9.17) is 9.47 Å². The van der Waals surface area contributed by atoms with E-state index in [0.29, 0.717) is 10.5 Å². The number of hydrogen-bond donors (Lipinski definition) is 0. The molecule has 2 heterocycles. The van der Waals surface area contributed by atoms with Gasteiger partial charge in [-0.25, -0.2) is 0 Å². The number of rotatable bonds is 0. The van der Waals surface area contributed by atoms with Gasteiger partial charge in [0.2, 0.25) is 5.12 Å². The lowest BCUT2D eigenvalue weighted by atomic mass is 10.3. The van der Waals surface area contributed by atoms with Crippen LogP contribution in [0.25, 0.3) is 0 Å². The molecule has 0 aromatic rings. The van der Waals surface area contributed by atoms with Gasteiger partial charge in [-0.2, -0.15) is 11.8 Å². The third-order valence-corrected chi connectivity index (χ3v) is 5.05. The van der Waals surface area contributed by atoms with Crippen molar-refractivity contribution in [3.8, 4) is 0 Å². The molecule has 1 spiro atoms. The molecule has 2 aliphatic heterocycles. The normalized spacial score (nSPS) is 45.0. The summed E-state index contributed by atoms with van der Waals surface area (Å²) in [6, 6.07) is 0. The molecular weight excluding hydrogens is 216 g/mol. The molecule has 3 atom stereocenters. The van der Waals surface area contributed by atoms with Gasteiger partial charge < -0.3 is 9.47 Å². The van der Waals surface area contributed by atoms with Crippen molar-refractivity contribution in [1.82, 2.24) is 0 Å². The zero-order valence-corrected chi connectivity index (χ0v) is 10.5. The van der Waals surface area contributed by atoms with E-state index in [9.17, 15) is 0 Å². The maximum atomic E-state index is 5.93. The molecule has 0 aromatic carbocycles. The smallest absolute Gasteiger partial charge is 0.218 e. The summed E-state index contributed by atoms with van der Waals surface area (Å²) in [5, 5.41) is 0.888. The van der Waals surface area contributed by atoms with Crippen LogP contribution in [0.2, 0.25) is 0 Å². The highest BCUT2D eigenvalue weighted by atomic mass is 32.2. The molecule has 2 nitrogen and oxygen atoms in total. The molecule has 0 bridgehead atoms. The quantitative estimate of drug-likeness (QED) is 0.641. The molecule has 14 heavy (non-hydrogen) atoms. The van der Waals surface area contributed by atoms with Gasteiger partial charge >= 0.3 is 0 Å². The van der Waals surface area contributed by atoms with Crippen molar-refractivity contribution >= 4 is 23.5 Å². The first kappa shape index (κ1) is 11.1. The molecule has 0 aliphatic carbocycles. The Kier molecular flexibility index (Phi) is 3.68. The van der Waals surface area contributed by atoms with Crippen LogP contribution in [-0.2, 0) is 9.47 Å². The zero-order valence-electron chi connectivity index (χ0n) is 8.82. The van der Waals surface area contributed by atoms with Crippen LogP contribution in [0.1, 0.15) is 26.7 Å². The van der Waals surface area contributed by atoms with Gasteiger partial charge in [-0.05, 0) is 12.2 Å². The Morgan fingerprint density at radius 3 is 2.57 bits per heavy atom. The van der Waals surface area contributed by atoms with Crippen LogP contribution in [-0.4, -0.2) is 34.6 Å². The van der Waals surface area contributed by atoms with Gasteiger partial charge in [0.15, 0.2) is 0 Å². The maximum absolute atomic E-state index is 5.93. The monoisotopic (exact) mass is 234 g/mol. The van der Waals surface area contributed by atoms with Crippen molar-refractivity contribution in [2.24, 2.45) is 0 Å². The molecule has 0 saturated carbocycles. The fraction of sp³-hybridized carbons (Fsp3) is 1.00. The number of ether oxygens (including phenoxy) is 2. The third-order valence-electron chi connectivity index (χ3n) is 2.49. The van der Waals surface area contributed by atoms with Crippen molar-refractivity contribution in [1.29, 1.82) is 0 Å². The van der Waals surface area contributed by atoms with Gasteiger partial charge in [0.1, 0.15) is 0 Å². The number of thioether (sulfide) groups is 2. The Morgan fingerprint density at radius 2 is 1.86 bits per heavy atom. The molecule has 0 radical (unpaired) electrons. The Labute approximate surface area is 94.5 Å². The minimum absolute atomic E-state index is 0.297. The molecule has 0 amide bonds. The van der Waals surface area contributed by atoms with E-state index in [1.807, 2.05) is 23.5 Å². The van der Waals surface area contributed by atoms with E-state index >= 15 is 0 Å². The van der Waals surface area contributed by atoms with E-state index in [1.165, 1.54) is 12.2 Å². The molecule has 2 aliphatic rings. The summed E-state index contributed by atoms with van der Waals surface area (Å²) in [5.74, 6) is 1.24. The van der Waals surface area contributed by atoms with E-state index in [0.717, 1.165) is 19.6 Å². The van der Waals surface area contributed by atoms with Gasteiger partial charge in [-0.1, -0.05) is 25.6 Å². The summed E-state index contributed by atoms with van der Waals surface area (Å²) in [6.45, 7) is 6.10. The minimum atomic E-state index is -0.297. The first-order chi connectivity index (χ1) is 6.70. The Bertz CT molecular complexity index is 201. The summed E-state index contributed by atoms with van der Waals surface area (Å²) < 4.78 is 11.7. The lowest BCUT2D eigenvalue weighted by Crippen LogP contribution is -2.32. The van der Waals surface area contributed by atoms with Crippen LogP contribution >= 0.6 is 23.5 Å². The SMILES string of the molecule is CC1COC2(CCCS1)OCC(C)S2. The second-order valence-corrected chi connectivity index (χ2v) is 7.23. The molecule has 82 valence electrons. The molecular formula is C10H18O2S2. The lowest BCUT2D eigenvalue weighted by molar-refractivity contribution is -0.163. The topological polar surface area (TPSA) is 18.5 Å². The summed E-state index contributed by atoms with van der Waals surface area (Å²) in [7, 11) is 0. The Balaban J connectivity index is 1.96. The second-order valence-electron chi connectivity index (χ2n) is 4.02. The molecule has 4 heteroatoms. The van der Waals surface area contributed by atoms with E-state index in [2.05, 4.69) is 13.8 Å². The Hall–Kier alpha value is 0.620. The molecule has 2 rings (SSSR count). The summed E-state index contributed by atoms with van der Waals surface area (Å²) in [4.78, 5) is 0. The maximum Gasteiger partial charge on any atom is 0.218 e. The number of hydrogen-bond acceptors (Lipinski definition) is 4. The van der Waals surface area contributed by atoms with Crippen molar-refractivity contribution < 1.29 is 9.47 Å². The van der Waals surface area contributed by atoms with E-state index in [-0.39, 0.29) is 5.12 Å². The molecule has 3 unspecified atom stereocenters. The average molecular weight is 234 g/mol. The van der Waals surface area contributed by atoms with Crippen molar-refractivity contribution in [2.45, 2.75) is 42.3 Å². The van der Waals surface area contributed by atoms with Crippen molar-refractivity contribution in [2.75, 3.05) is 19.0 Å². The third kappa shape index (κ3) is 2.60. The van der Waals surface area contributed by atoms with Crippen LogP contribution in [0.15, 0.2) is 0 Å². The van der Waals surface area contributed by atoms with Crippen molar-refractivity contribution in [3.05, 3.63) is 0 Å². The predicted molar refractivity (Wildman–Crippen MR) is 62.8 cm³/mol. The fourth-order valence-electron chi connectivity index (χ4n) is 1.76. The molecule has 2 fully saturated rings.